The molecule has 0 bridgehead atoms. The van der Waals surface area contributed by atoms with Crippen LogP contribution in [0.1, 0.15) is 18.4 Å². The Morgan fingerprint density at radius 1 is 1.06 bits per heavy atom. The maximum Gasteiger partial charge on any atom is 0.177 e. The van der Waals surface area contributed by atoms with Gasteiger partial charge in [0.25, 0.3) is 0 Å². The largest absolute Gasteiger partial charge is 0.378 e. The summed E-state index contributed by atoms with van der Waals surface area (Å²) in [4.78, 5) is 6.96. The van der Waals surface area contributed by atoms with Crippen LogP contribution in [0.3, 0.4) is 0 Å². The number of nitrogens with one attached hydrogen (secondary N) is 2. The fraction of sp³-hybridized carbons (Fsp3) is 0.318. The predicted molar refractivity (Wildman–Crippen MR) is 122 cm³/mol. The second-order valence-electron chi connectivity index (χ2n) is 8.15. The molecule has 1 saturated carbocycles. The lowest BCUT2D eigenvalue weighted by atomic mass is 10.2. The first-order valence-electron chi connectivity index (χ1n) is 10.9. The molecule has 0 radical (unpaired) electrons. The molecular weight excluding hydrogens is 420 g/mol. The van der Waals surface area contributed by atoms with E-state index in [2.05, 4.69) is 54.0 Å². The van der Waals surface area contributed by atoms with Crippen LogP contribution < -0.4 is 15.5 Å². The second kappa shape index (κ2) is 8.07. The molecule has 2 N–H and O–H groups in total. The van der Waals surface area contributed by atoms with E-state index in [1.807, 2.05) is 16.7 Å². The fourth-order valence-corrected chi connectivity index (χ4v) is 4.00. The van der Waals surface area contributed by atoms with Gasteiger partial charge in [-0.25, -0.2) is 4.98 Å². The highest BCUT2D eigenvalue weighted by atomic mass is 16.5. The summed E-state index contributed by atoms with van der Waals surface area (Å²) < 4.78 is 9.10. The number of rotatable bonds is 6. The van der Waals surface area contributed by atoms with E-state index >= 15 is 0 Å². The third kappa shape index (κ3) is 3.81. The van der Waals surface area contributed by atoms with E-state index in [4.69, 9.17) is 4.74 Å². The van der Waals surface area contributed by atoms with Crippen LogP contribution in [0.2, 0.25) is 0 Å². The van der Waals surface area contributed by atoms with Crippen LogP contribution in [0.25, 0.3) is 11.3 Å². The topological polar surface area (TPSA) is 121 Å². The van der Waals surface area contributed by atoms with Crippen molar-refractivity contribution >= 4 is 28.7 Å². The van der Waals surface area contributed by atoms with Crippen molar-refractivity contribution in [1.82, 2.24) is 29.4 Å². The SMILES string of the molecule is N#Cc1cnn2c(NC3CC3)cc(Nc3ccc(N4CCOCC4)c(-n4cnnc4)c3)nc12. The van der Waals surface area contributed by atoms with Gasteiger partial charge in [0, 0.05) is 30.9 Å². The molecule has 1 aliphatic carbocycles. The van der Waals surface area contributed by atoms with E-state index in [0.29, 0.717) is 36.3 Å². The Kier molecular flexibility index (Phi) is 4.77. The van der Waals surface area contributed by atoms with Gasteiger partial charge in [-0.3, -0.25) is 4.57 Å². The molecule has 2 fully saturated rings. The number of ether oxygens (including phenoxy) is 1. The summed E-state index contributed by atoms with van der Waals surface area (Å²) in [6, 6.07) is 10.7. The zero-order valence-electron chi connectivity index (χ0n) is 17.8. The molecule has 11 heteroatoms. The summed E-state index contributed by atoms with van der Waals surface area (Å²) in [5, 5.41) is 28.7. The molecule has 4 heterocycles. The van der Waals surface area contributed by atoms with E-state index in [9.17, 15) is 5.26 Å². The van der Waals surface area contributed by atoms with Gasteiger partial charge in [-0.2, -0.15) is 14.9 Å². The normalized spacial score (nSPS) is 16.0. The first-order chi connectivity index (χ1) is 16.3. The molecule has 1 aliphatic heterocycles. The molecule has 2 aliphatic rings. The van der Waals surface area contributed by atoms with Crippen molar-refractivity contribution in [3.63, 3.8) is 0 Å². The number of aromatic nitrogens is 6. The van der Waals surface area contributed by atoms with Crippen LogP contribution >= 0.6 is 0 Å². The molecule has 166 valence electrons. The third-order valence-electron chi connectivity index (χ3n) is 5.82. The molecule has 1 saturated heterocycles. The number of nitriles is 1. The molecule has 0 spiro atoms. The average Bonchev–Trinajstić information content (AvgIpc) is 3.32. The molecule has 0 unspecified atom stereocenters. The lowest BCUT2D eigenvalue weighted by molar-refractivity contribution is 0.122. The number of benzene rings is 1. The first kappa shape index (κ1) is 19.5. The van der Waals surface area contributed by atoms with Crippen LogP contribution in [0.5, 0.6) is 0 Å². The van der Waals surface area contributed by atoms with Gasteiger partial charge in [-0.05, 0) is 31.0 Å². The van der Waals surface area contributed by atoms with Crippen molar-refractivity contribution in [2.75, 3.05) is 41.8 Å². The molecule has 0 atom stereocenters. The standard InChI is InChI=1S/C22H22N10O/c23-11-15-12-26-32-21(28-16-1-2-16)10-20(29-22(15)32)27-17-3-4-18(30-5-7-33-8-6-30)19(9-17)31-13-24-25-14-31/h3-4,9-10,12-14,16,28H,1-2,5-8H2,(H,27,29). The van der Waals surface area contributed by atoms with E-state index in [1.54, 1.807) is 23.4 Å². The van der Waals surface area contributed by atoms with Crippen molar-refractivity contribution in [3.05, 3.63) is 48.7 Å². The van der Waals surface area contributed by atoms with E-state index in [-0.39, 0.29) is 0 Å². The molecule has 0 amide bonds. The van der Waals surface area contributed by atoms with Crippen molar-refractivity contribution in [2.45, 2.75) is 18.9 Å². The first-order valence-corrected chi connectivity index (χ1v) is 10.9. The average molecular weight is 442 g/mol. The Balaban J connectivity index is 1.38. The molecule has 4 aromatic rings. The Hall–Kier alpha value is -4.17. The van der Waals surface area contributed by atoms with E-state index in [0.717, 1.165) is 48.8 Å². The van der Waals surface area contributed by atoms with Crippen LogP contribution in [0.4, 0.5) is 23.0 Å². The Morgan fingerprint density at radius 3 is 2.64 bits per heavy atom. The molecule has 11 nitrogen and oxygen atoms in total. The number of fused-ring (bicyclic) bond motifs is 1. The van der Waals surface area contributed by atoms with Gasteiger partial charge in [-0.1, -0.05) is 0 Å². The summed E-state index contributed by atoms with van der Waals surface area (Å²) in [5.74, 6) is 1.45. The minimum absolute atomic E-state index is 0.436. The summed E-state index contributed by atoms with van der Waals surface area (Å²) in [5.41, 5.74) is 3.87. The van der Waals surface area contributed by atoms with Gasteiger partial charge in [0.15, 0.2) is 5.65 Å². The second-order valence-corrected chi connectivity index (χ2v) is 8.15. The Labute approximate surface area is 189 Å². The van der Waals surface area contributed by atoms with Crippen LogP contribution in [-0.2, 0) is 4.74 Å². The molecule has 6 rings (SSSR count). The Bertz CT molecular complexity index is 1330. The van der Waals surface area contributed by atoms with Gasteiger partial charge in [-0.15, -0.1) is 10.2 Å². The monoisotopic (exact) mass is 442 g/mol. The summed E-state index contributed by atoms with van der Waals surface area (Å²) >= 11 is 0. The fourth-order valence-electron chi connectivity index (χ4n) is 4.00. The minimum Gasteiger partial charge on any atom is -0.378 e. The predicted octanol–water partition coefficient (Wildman–Crippen LogP) is 2.34. The van der Waals surface area contributed by atoms with Crippen molar-refractivity contribution in [1.29, 1.82) is 5.26 Å². The molecule has 1 aromatic carbocycles. The maximum absolute atomic E-state index is 9.47. The highest BCUT2D eigenvalue weighted by Crippen LogP contribution is 2.31. The number of morpholine rings is 1. The van der Waals surface area contributed by atoms with E-state index < -0.39 is 0 Å². The maximum atomic E-state index is 9.47. The highest BCUT2D eigenvalue weighted by Gasteiger charge is 2.23. The van der Waals surface area contributed by atoms with Crippen molar-refractivity contribution < 1.29 is 4.74 Å². The summed E-state index contributed by atoms with van der Waals surface area (Å²) in [7, 11) is 0. The van der Waals surface area contributed by atoms with Crippen molar-refractivity contribution in [2.24, 2.45) is 0 Å². The number of hydrogen-bond acceptors (Lipinski definition) is 9. The lowest BCUT2D eigenvalue weighted by Gasteiger charge is -2.30. The smallest absolute Gasteiger partial charge is 0.177 e. The number of nitrogens with zero attached hydrogens (tertiary/aromatic N) is 8. The van der Waals surface area contributed by atoms with Crippen molar-refractivity contribution in [3.8, 4) is 11.8 Å². The summed E-state index contributed by atoms with van der Waals surface area (Å²) in [6.07, 6.45) is 7.19. The van der Waals surface area contributed by atoms with Gasteiger partial charge in [0.05, 0.1) is 30.8 Å². The van der Waals surface area contributed by atoms with Crippen LogP contribution in [-0.4, -0.2) is 61.7 Å². The van der Waals surface area contributed by atoms with Gasteiger partial charge in [0.2, 0.25) is 0 Å². The highest BCUT2D eigenvalue weighted by molar-refractivity contribution is 5.73. The number of anilines is 4. The zero-order valence-corrected chi connectivity index (χ0v) is 17.8. The number of hydrogen-bond donors (Lipinski definition) is 2. The van der Waals surface area contributed by atoms with Gasteiger partial charge >= 0.3 is 0 Å². The molecule has 3 aromatic heterocycles. The van der Waals surface area contributed by atoms with Gasteiger partial charge in [0.1, 0.15) is 35.9 Å². The third-order valence-corrected chi connectivity index (χ3v) is 5.82. The van der Waals surface area contributed by atoms with Crippen LogP contribution in [0, 0.1) is 11.3 Å². The van der Waals surface area contributed by atoms with E-state index in [1.165, 1.54) is 0 Å². The molecule has 33 heavy (non-hydrogen) atoms. The quantitative estimate of drug-likeness (QED) is 0.463. The zero-order chi connectivity index (χ0) is 22.2. The van der Waals surface area contributed by atoms with Gasteiger partial charge < -0.3 is 20.3 Å². The Morgan fingerprint density at radius 2 is 1.88 bits per heavy atom. The molecular formula is C22H22N10O. The summed E-state index contributed by atoms with van der Waals surface area (Å²) in [6.45, 7) is 3.06. The van der Waals surface area contributed by atoms with Crippen LogP contribution in [0.15, 0.2) is 43.1 Å². The minimum atomic E-state index is 0.436. The lowest BCUT2D eigenvalue weighted by Crippen LogP contribution is -2.36.